The van der Waals surface area contributed by atoms with Crippen LogP contribution in [0.1, 0.15) is 31.2 Å². The highest BCUT2D eigenvalue weighted by atomic mass is 32.1. The summed E-state index contributed by atoms with van der Waals surface area (Å²) >= 11 is 1.78. The summed E-state index contributed by atoms with van der Waals surface area (Å²) in [5, 5.41) is 11.8. The van der Waals surface area contributed by atoms with E-state index in [0.717, 1.165) is 30.3 Å². The lowest BCUT2D eigenvalue weighted by atomic mass is 9.91. The first-order chi connectivity index (χ1) is 13.8. The van der Waals surface area contributed by atoms with E-state index in [1.165, 1.54) is 4.88 Å². The molecule has 1 aromatic carbocycles. The molecule has 6 nitrogen and oxygen atoms in total. The normalized spacial score (nSPS) is 12.1. The van der Waals surface area contributed by atoms with Gasteiger partial charge >= 0.3 is 0 Å². The summed E-state index contributed by atoms with van der Waals surface area (Å²) in [5.74, 6) is 0.764. The molecule has 3 N–H and O–H groups in total. The maximum atomic E-state index is 12.0. The summed E-state index contributed by atoms with van der Waals surface area (Å²) in [6, 6.07) is 12.1. The predicted octanol–water partition coefficient (Wildman–Crippen LogP) is 3.28. The number of carbonyl (C=O) groups is 1. The molecule has 1 aromatic heterocycles. The summed E-state index contributed by atoms with van der Waals surface area (Å²) < 4.78 is 0. The highest BCUT2D eigenvalue weighted by Gasteiger charge is 2.21. The van der Waals surface area contributed by atoms with E-state index >= 15 is 0 Å². The number of hydrogen-bond donors (Lipinski definition) is 3. The van der Waals surface area contributed by atoms with E-state index in [0.29, 0.717) is 13.1 Å². The van der Waals surface area contributed by atoms with E-state index in [2.05, 4.69) is 54.2 Å². The molecule has 7 heteroatoms. The number of anilines is 1. The van der Waals surface area contributed by atoms with Crippen molar-refractivity contribution < 1.29 is 4.79 Å². The van der Waals surface area contributed by atoms with Gasteiger partial charge in [0.05, 0.1) is 13.1 Å². The van der Waals surface area contributed by atoms with Crippen LogP contribution < -0.4 is 16.0 Å². The van der Waals surface area contributed by atoms with Gasteiger partial charge in [-0.25, -0.2) is 4.99 Å². The zero-order chi connectivity index (χ0) is 21.3. The van der Waals surface area contributed by atoms with Crippen LogP contribution >= 0.6 is 11.3 Å². The average Bonchev–Trinajstić information content (AvgIpc) is 3.19. The van der Waals surface area contributed by atoms with Gasteiger partial charge in [-0.15, -0.1) is 11.3 Å². The van der Waals surface area contributed by atoms with Crippen molar-refractivity contribution in [3.63, 3.8) is 0 Å². The Bertz CT molecular complexity index is 799. The molecule has 0 spiro atoms. The predicted molar refractivity (Wildman–Crippen MR) is 124 cm³/mol. The number of likely N-dealkylation sites (N-methyl/N-ethyl adjacent to an activating group) is 1. The smallest absolute Gasteiger partial charge is 0.238 e. The van der Waals surface area contributed by atoms with Crippen LogP contribution in [0.3, 0.4) is 0 Å². The minimum absolute atomic E-state index is 0.0264. The van der Waals surface area contributed by atoms with Crippen LogP contribution in [-0.2, 0) is 16.8 Å². The standard InChI is InChI=1S/C22H33N5OS/c1-6-23-21(25-16-22(2,3)19-11-8-12-29-19)24-14-17-9-7-10-18(13-17)26-20(28)15-27(4)5/h7-13H,6,14-16H2,1-5H3,(H,26,28)(H2,23,24,25). The molecule has 158 valence electrons. The Hall–Kier alpha value is -2.38. The molecule has 0 unspecified atom stereocenters. The van der Waals surface area contributed by atoms with Crippen molar-refractivity contribution in [2.45, 2.75) is 32.7 Å². The van der Waals surface area contributed by atoms with Gasteiger partial charge in [0.25, 0.3) is 0 Å². The lowest BCUT2D eigenvalue weighted by Gasteiger charge is -2.25. The second kappa shape index (κ2) is 11.0. The Balaban J connectivity index is 1.99. The van der Waals surface area contributed by atoms with Crippen molar-refractivity contribution in [1.29, 1.82) is 0 Å². The number of guanidine groups is 1. The summed E-state index contributed by atoms with van der Waals surface area (Å²) in [6.45, 7) is 9.00. The third-order valence-corrected chi connectivity index (χ3v) is 5.56. The molecule has 0 saturated heterocycles. The Kier molecular flexibility index (Phi) is 8.67. The zero-order valence-corrected chi connectivity index (χ0v) is 18.9. The molecule has 1 heterocycles. The van der Waals surface area contributed by atoms with E-state index in [1.807, 2.05) is 43.3 Å². The Morgan fingerprint density at radius 2 is 1.97 bits per heavy atom. The molecule has 2 aromatic rings. The van der Waals surface area contributed by atoms with Gasteiger partial charge < -0.3 is 20.9 Å². The quantitative estimate of drug-likeness (QED) is 0.434. The van der Waals surface area contributed by atoms with Crippen LogP contribution in [0.4, 0.5) is 5.69 Å². The number of benzene rings is 1. The van der Waals surface area contributed by atoms with Crippen LogP contribution in [0.5, 0.6) is 0 Å². The lowest BCUT2D eigenvalue weighted by molar-refractivity contribution is -0.116. The third-order valence-electron chi connectivity index (χ3n) is 4.32. The average molecular weight is 416 g/mol. The second-order valence-corrected chi connectivity index (χ2v) is 8.84. The summed E-state index contributed by atoms with van der Waals surface area (Å²) in [7, 11) is 3.75. The van der Waals surface area contributed by atoms with Gasteiger partial charge in [0.1, 0.15) is 0 Å². The van der Waals surface area contributed by atoms with Crippen LogP contribution in [0, 0.1) is 0 Å². The van der Waals surface area contributed by atoms with E-state index in [-0.39, 0.29) is 11.3 Å². The van der Waals surface area contributed by atoms with Crippen molar-refractivity contribution in [2.75, 3.05) is 39.0 Å². The Morgan fingerprint density at radius 3 is 2.62 bits per heavy atom. The summed E-state index contributed by atoms with van der Waals surface area (Å²) in [6.07, 6.45) is 0. The van der Waals surface area contributed by atoms with E-state index in [1.54, 1.807) is 11.3 Å². The molecule has 0 fully saturated rings. The monoisotopic (exact) mass is 415 g/mol. The minimum Gasteiger partial charge on any atom is -0.357 e. The molecule has 0 aliphatic heterocycles. The van der Waals surface area contributed by atoms with Crippen molar-refractivity contribution in [3.8, 4) is 0 Å². The van der Waals surface area contributed by atoms with Crippen LogP contribution in [-0.4, -0.2) is 50.5 Å². The largest absolute Gasteiger partial charge is 0.357 e. The van der Waals surface area contributed by atoms with Crippen molar-refractivity contribution in [3.05, 3.63) is 52.2 Å². The molecule has 0 aliphatic carbocycles. The minimum atomic E-state index is -0.0264. The van der Waals surface area contributed by atoms with Crippen LogP contribution in [0.15, 0.2) is 46.8 Å². The molecule has 2 rings (SSSR count). The van der Waals surface area contributed by atoms with E-state index in [9.17, 15) is 4.79 Å². The maximum absolute atomic E-state index is 12.0. The van der Waals surface area contributed by atoms with E-state index in [4.69, 9.17) is 4.99 Å². The Labute approximate surface area is 178 Å². The first kappa shape index (κ1) is 22.9. The van der Waals surface area contributed by atoms with Crippen molar-refractivity contribution in [1.82, 2.24) is 15.5 Å². The first-order valence-corrected chi connectivity index (χ1v) is 10.8. The number of nitrogens with one attached hydrogen (secondary N) is 3. The fourth-order valence-electron chi connectivity index (χ4n) is 2.80. The molecular weight excluding hydrogens is 382 g/mol. The topological polar surface area (TPSA) is 68.8 Å². The third kappa shape index (κ3) is 7.87. The SMILES string of the molecule is CCNC(=NCc1cccc(NC(=O)CN(C)C)c1)NCC(C)(C)c1cccs1. The van der Waals surface area contributed by atoms with Crippen molar-refractivity contribution in [2.24, 2.45) is 4.99 Å². The second-order valence-electron chi connectivity index (χ2n) is 7.90. The first-order valence-electron chi connectivity index (χ1n) is 9.90. The van der Waals surface area contributed by atoms with Gasteiger partial charge in [-0.3, -0.25) is 4.79 Å². The van der Waals surface area contributed by atoms with E-state index < -0.39 is 0 Å². The number of aliphatic imine (C=N–C) groups is 1. The van der Waals surface area contributed by atoms with Gasteiger partial charge in [0.15, 0.2) is 5.96 Å². The van der Waals surface area contributed by atoms with Gasteiger partial charge in [0.2, 0.25) is 5.91 Å². The number of thiophene rings is 1. The summed E-state index contributed by atoms with van der Waals surface area (Å²) in [4.78, 5) is 19.9. The maximum Gasteiger partial charge on any atom is 0.238 e. The number of hydrogen-bond acceptors (Lipinski definition) is 4. The molecule has 1 amide bonds. The zero-order valence-electron chi connectivity index (χ0n) is 18.1. The van der Waals surface area contributed by atoms with Gasteiger partial charge in [-0.2, -0.15) is 0 Å². The lowest BCUT2D eigenvalue weighted by Crippen LogP contribution is -2.43. The Morgan fingerprint density at radius 1 is 1.17 bits per heavy atom. The molecule has 0 aliphatic rings. The molecule has 29 heavy (non-hydrogen) atoms. The van der Waals surface area contributed by atoms with Crippen LogP contribution in [0.2, 0.25) is 0 Å². The highest BCUT2D eigenvalue weighted by molar-refractivity contribution is 7.10. The molecule has 0 bridgehead atoms. The summed E-state index contributed by atoms with van der Waals surface area (Å²) in [5.41, 5.74) is 1.87. The van der Waals surface area contributed by atoms with Crippen molar-refractivity contribution >= 4 is 28.9 Å². The molecule has 0 atom stereocenters. The number of rotatable bonds is 9. The number of amides is 1. The molecular formula is C22H33N5OS. The van der Waals surface area contributed by atoms with Gasteiger partial charge in [-0.05, 0) is 50.2 Å². The number of nitrogens with zero attached hydrogens (tertiary/aromatic N) is 2. The fourth-order valence-corrected chi connectivity index (χ4v) is 3.65. The highest BCUT2D eigenvalue weighted by Crippen LogP contribution is 2.26. The molecule has 0 radical (unpaired) electrons. The molecule has 0 saturated carbocycles. The fraction of sp³-hybridized carbons (Fsp3) is 0.455. The van der Waals surface area contributed by atoms with Crippen LogP contribution in [0.25, 0.3) is 0 Å². The van der Waals surface area contributed by atoms with Gasteiger partial charge in [-0.1, -0.05) is 32.0 Å². The number of carbonyl (C=O) groups excluding carboxylic acids is 1. The van der Waals surface area contributed by atoms with Gasteiger partial charge in [0, 0.05) is 29.1 Å².